The molecule has 122 valence electrons. The van der Waals surface area contributed by atoms with Crippen molar-refractivity contribution in [3.05, 3.63) is 23.4 Å². The minimum atomic E-state index is -4.54. The quantitative estimate of drug-likeness (QED) is 0.901. The van der Waals surface area contributed by atoms with Gasteiger partial charge in [0.05, 0.1) is 18.3 Å². The van der Waals surface area contributed by atoms with Gasteiger partial charge in [-0.15, -0.1) is 0 Å². The van der Waals surface area contributed by atoms with Crippen molar-refractivity contribution in [1.29, 1.82) is 0 Å². The average Bonchev–Trinajstić information content (AvgIpc) is 2.69. The number of aliphatic hydroxyl groups is 1. The molecule has 0 radical (unpaired) electrons. The van der Waals surface area contributed by atoms with Crippen LogP contribution >= 0.6 is 0 Å². The fraction of sp³-hybridized carbons (Fsp3) is 0.643. The first kappa shape index (κ1) is 15.7. The molecule has 0 aromatic carbocycles. The number of aromatic nitrogens is 1. The van der Waals surface area contributed by atoms with E-state index >= 15 is 0 Å². The van der Waals surface area contributed by atoms with Gasteiger partial charge in [-0.3, -0.25) is 4.21 Å². The summed E-state index contributed by atoms with van der Waals surface area (Å²) in [5, 5.41) is 10.6. The van der Waals surface area contributed by atoms with Gasteiger partial charge >= 0.3 is 6.18 Å². The lowest BCUT2D eigenvalue weighted by atomic mass is 9.85. The van der Waals surface area contributed by atoms with Crippen LogP contribution in [-0.4, -0.2) is 31.9 Å². The van der Waals surface area contributed by atoms with Crippen LogP contribution in [0.25, 0.3) is 0 Å². The van der Waals surface area contributed by atoms with Gasteiger partial charge < -0.3 is 9.84 Å². The van der Waals surface area contributed by atoms with Crippen molar-refractivity contribution in [2.75, 3.05) is 7.11 Å². The van der Waals surface area contributed by atoms with Gasteiger partial charge in [0.2, 0.25) is 5.88 Å². The molecule has 4 nitrogen and oxygen atoms in total. The van der Waals surface area contributed by atoms with Crippen molar-refractivity contribution < 1.29 is 27.2 Å². The Balaban J connectivity index is 2.04. The maximum atomic E-state index is 12.9. The highest BCUT2D eigenvalue weighted by Crippen LogP contribution is 2.48. The molecule has 3 rings (SSSR count). The van der Waals surface area contributed by atoms with Crippen molar-refractivity contribution >= 4 is 10.8 Å². The lowest BCUT2D eigenvalue weighted by Crippen LogP contribution is -2.40. The zero-order valence-electron chi connectivity index (χ0n) is 11.9. The summed E-state index contributed by atoms with van der Waals surface area (Å²) in [7, 11) is 0.290. The highest BCUT2D eigenvalue weighted by Gasteiger charge is 2.50. The van der Waals surface area contributed by atoms with Crippen LogP contribution in [0.1, 0.15) is 36.8 Å². The molecule has 2 aliphatic heterocycles. The topological polar surface area (TPSA) is 59.4 Å². The molecule has 2 bridgehead atoms. The number of rotatable bonds is 2. The van der Waals surface area contributed by atoms with Crippen molar-refractivity contribution in [2.45, 2.75) is 48.0 Å². The molecule has 0 spiro atoms. The van der Waals surface area contributed by atoms with Gasteiger partial charge in [-0.25, -0.2) is 4.98 Å². The largest absolute Gasteiger partial charge is 0.481 e. The summed E-state index contributed by atoms with van der Waals surface area (Å²) in [5.74, 6) is -0.0115. The summed E-state index contributed by atoms with van der Waals surface area (Å²) >= 11 is 0. The molecule has 0 saturated carbocycles. The van der Waals surface area contributed by atoms with Crippen molar-refractivity contribution in [3.8, 4) is 5.88 Å². The van der Waals surface area contributed by atoms with Crippen LogP contribution in [0.15, 0.2) is 12.3 Å². The maximum absolute atomic E-state index is 12.9. The molecule has 3 heterocycles. The third kappa shape index (κ3) is 2.52. The molecule has 8 heteroatoms. The number of pyridine rings is 1. The van der Waals surface area contributed by atoms with Crippen LogP contribution in [0.2, 0.25) is 0 Å². The number of nitrogens with zero attached hydrogens (tertiary/aromatic N) is 1. The standard InChI is InChI=1S/C14H16F3NO3S/c1-21-12-11(4-8(7-18-12)14(15,16)17)13(19)5-9-2-3-10(6-13)22(9)20/h4,7,9-10,19H,2-3,5-6H2,1H3. The molecule has 2 saturated heterocycles. The Morgan fingerprint density at radius 2 is 1.95 bits per heavy atom. The number of fused-ring (bicyclic) bond motifs is 2. The van der Waals surface area contributed by atoms with E-state index in [-0.39, 0.29) is 34.8 Å². The first-order chi connectivity index (χ1) is 10.2. The number of halogens is 3. The zero-order chi connectivity index (χ0) is 16.1. The Labute approximate surface area is 128 Å². The third-order valence-corrected chi connectivity index (χ3v) is 6.59. The molecule has 1 aromatic rings. The Morgan fingerprint density at radius 1 is 1.36 bits per heavy atom. The van der Waals surface area contributed by atoms with E-state index < -0.39 is 28.1 Å². The fourth-order valence-corrected chi connectivity index (χ4v) is 5.57. The molecule has 2 unspecified atom stereocenters. The van der Waals surface area contributed by atoms with Crippen LogP contribution in [0, 0.1) is 0 Å². The first-order valence-electron chi connectivity index (χ1n) is 6.98. The average molecular weight is 335 g/mol. The lowest BCUT2D eigenvalue weighted by molar-refractivity contribution is -0.138. The molecule has 2 aliphatic rings. The van der Waals surface area contributed by atoms with Gasteiger partial charge in [-0.05, 0) is 31.7 Å². The molecule has 1 N–H and O–H groups in total. The SMILES string of the molecule is COc1ncc(C(F)(F)F)cc1C1(O)CC2CCC(C1)S2=O. The minimum absolute atomic E-state index is 0.0115. The van der Waals surface area contributed by atoms with E-state index in [9.17, 15) is 22.5 Å². The van der Waals surface area contributed by atoms with Crippen LogP contribution in [-0.2, 0) is 22.6 Å². The summed E-state index contributed by atoms with van der Waals surface area (Å²) in [4.78, 5) is 3.70. The molecular formula is C14H16F3NO3S. The third-order valence-electron chi connectivity index (χ3n) is 4.47. The van der Waals surface area contributed by atoms with Crippen LogP contribution in [0.4, 0.5) is 13.2 Å². The van der Waals surface area contributed by atoms with E-state index in [1.165, 1.54) is 7.11 Å². The van der Waals surface area contributed by atoms with Gasteiger partial charge in [0.1, 0.15) is 0 Å². The highest BCUT2D eigenvalue weighted by molar-refractivity contribution is 7.86. The Morgan fingerprint density at radius 3 is 2.45 bits per heavy atom. The van der Waals surface area contributed by atoms with E-state index in [0.29, 0.717) is 6.20 Å². The molecule has 0 amide bonds. The smallest absolute Gasteiger partial charge is 0.417 e. The van der Waals surface area contributed by atoms with E-state index in [4.69, 9.17) is 4.74 Å². The predicted molar refractivity (Wildman–Crippen MR) is 73.9 cm³/mol. The second kappa shape index (κ2) is 5.19. The first-order valence-corrected chi connectivity index (χ1v) is 8.26. The zero-order valence-corrected chi connectivity index (χ0v) is 12.7. The molecule has 2 fully saturated rings. The second-order valence-corrected chi connectivity index (χ2v) is 7.86. The van der Waals surface area contributed by atoms with Gasteiger partial charge in [0.15, 0.2) is 0 Å². The Hall–Kier alpha value is -1.15. The van der Waals surface area contributed by atoms with Gasteiger partial charge in [0.25, 0.3) is 0 Å². The summed E-state index contributed by atoms with van der Waals surface area (Å²) < 4.78 is 55.8. The van der Waals surface area contributed by atoms with Crippen molar-refractivity contribution in [1.82, 2.24) is 4.98 Å². The van der Waals surface area contributed by atoms with Crippen LogP contribution in [0.5, 0.6) is 5.88 Å². The summed E-state index contributed by atoms with van der Waals surface area (Å²) in [6, 6.07) is 0.902. The molecule has 22 heavy (non-hydrogen) atoms. The Bertz CT molecular complexity index is 604. The Kier molecular flexibility index (Phi) is 3.71. The number of hydrogen-bond donors (Lipinski definition) is 1. The number of hydrogen-bond acceptors (Lipinski definition) is 4. The van der Waals surface area contributed by atoms with E-state index in [0.717, 1.165) is 18.9 Å². The second-order valence-electron chi connectivity index (χ2n) is 5.87. The molecule has 0 aliphatic carbocycles. The molecular weight excluding hydrogens is 319 g/mol. The minimum Gasteiger partial charge on any atom is -0.481 e. The van der Waals surface area contributed by atoms with Gasteiger partial charge in [-0.2, -0.15) is 13.2 Å². The highest BCUT2D eigenvalue weighted by atomic mass is 32.2. The monoisotopic (exact) mass is 335 g/mol. The van der Waals surface area contributed by atoms with Gasteiger partial charge in [0, 0.05) is 33.1 Å². The normalized spacial score (nSPS) is 34.7. The van der Waals surface area contributed by atoms with Gasteiger partial charge in [-0.1, -0.05) is 0 Å². The summed E-state index contributed by atoms with van der Waals surface area (Å²) in [6.07, 6.45) is -2.03. The van der Waals surface area contributed by atoms with E-state index in [2.05, 4.69) is 4.98 Å². The van der Waals surface area contributed by atoms with E-state index in [1.54, 1.807) is 0 Å². The number of alkyl halides is 3. The number of ether oxygens (including phenoxy) is 1. The maximum Gasteiger partial charge on any atom is 0.417 e. The predicted octanol–water partition coefficient (Wildman–Crippen LogP) is 2.37. The van der Waals surface area contributed by atoms with Crippen LogP contribution < -0.4 is 4.74 Å². The van der Waals surface area contributed by atoms with Crippen LogP contribution in [0.3, 0.4) is 0 Å². The lowest BCUT2D eigenvalue weighted by Gasteiger charge is -2.36. The molecule has 1 aromatic heterocycles. The molecule has 2 atom stereocenters. The van der Waals surface area contributed by atoms with E-state index in [1.807, 2.05) is 0 Å². The van der Waals surface area contributed by atoms with Crippen molar-refractivity contribution in [2.24, 2.45) is 0 Å². The van der Waals surface area contributed by atoms with Crippen molar-refractivity contribution in [3.63, 3.8) is 0 Å². The summed E-state index contributed by atoms with van der Waals surface area (Å²) in [6.45, 7) is 0. The number of methoxy groups -OCH3 is 1. The fourth-order valence-electron chi connectivity index (χ4n) is 3.40. The summed E-state index contributed by atoms with van der Waals surface area (Å²) in [5.41, 5.74) is -2.35.